The fourth-order valence-electron chi connectivity index (χ4n) is 3.81. The van der Waals surface area contributed by atoms with Gasteiger partial charge >= 0.3 is 0 Å². The van der Waals surface area contributed by atoms with E-state index in [1.807, 2.05) is 0 Å². The van der Waals surface area contributed by atoms with E-state index < -0.39 is 0 Å². The normalized spacial score (nSPS) is 11.6. The number of rotatable bonds is 3. The number of hydrogen-bond donors (Lipinski definition) is 0. The topological polar surface area (TPSA) is 30.0 Å². The molecule has 3 aromatic carbocycles. The van der Waals surface area contributed by atoms with Gasteiger partial charge in [0.2, 0.25) is 0 Å². The summed E-state index contributed by atoms with van der Waals surface area (Å²) >= 11 is 0. The van der Waals surface area contributed by atoms with Gasteiger partial charge in [0.25, 0.3) is 0 Å². The molecule has 0 aliphatic carbocycles. The summed E-state index contributed by atoms with van der Waals surface area (Å²) in [6.07, 6.45) is 0.857. The van der Waals surface area contributed by atoms with Gasteiger partial charge in [-0.15, -0.1) is 0 Å². The predicted octanol–water partition coefficient (Wildman–Crippen LogP) is 7.30. The van der Waals surface area contributed by atoms with Crippen LogP contribution in [0.25, 0.3) is 33.2 Å². The number of aldehydes is 1. The van der Waals surface area contributed by atoms with Crippen LogP contribution >= 0.6 is 0 Å². The number of pyridine rings is 1. The Kier molecular flexibility index (Phi) is 5.03. The molecule has 2 heteroatoms. The summed E-state index contributed by atoms with van der Waals surface area (Å²) in [5.74, 6) is 0. The molecule has 0 bridgehead atoms. The lowest BCUT2D eigenvalue weighted by atomic mass is 9.86. The first kappa shape index (κ1) is 20.0. The quantitative estimate of drug-likeness (QED) is 0.342. The minimum atomic E-state index is 0.136. The van der Waals surface area contributed by atoms with Gasteiger partial charge in [0.1, 0.15) is 5.69 Å². The SMILES string of the molecule is Cc1cc2cc(-c3cccc(-c4ccc(C(C)(C)C)cc4)c3)nc(C=O)c2cc1C. The third-order valence-electron chi connectivity index (χ3n) is 5.83. The molecule has 0 fully saturated rings. The molecule has 4 aromatic rings. The molecule has 150 valence electrons. The second kappa shape index (κ2) is 7.53. The summed E-state index contributed by atoms with van der Waals surface area (Å²) in [6, 6.07) is 23.4. The van der Waals surface area contributed by atoms with Crippen LogP contribution in [0.2, 0.25) is 0 Å². The Balaban J connectivity index is 1.79. The maximum absolute atomic E-state index is 11.7. The minimum Gasteiger partial charge on any atom is -0.296 e. The molecule has 0 atom stereocenters. The summed E-state index contributed by atoms with van der Waals surface area (Å²) in [6.45, 7) is 10.8. The van der Waals surface area contributed by atoms with Crippen molar-refractivity contribution >= 4 is 17.1 Å². The number of nitrogens with zero attached hydrogens (tertiary/aromatic N) is 1. The van der Waals surface area contributed by atoms with Crippen LogP contribution in [0, 0.1) is 13.8 Å². The molecule has 0 spiro atoms. The van der Waals surface area contributed by atoms with Crippen molar-refractivity contribution in [1.29, 1.82) is 0 Å². The van der Waals surface area contributed by atoms with Crippen molar-refractivity contribution in [2.75, 3.05) is 0 Å². The number of benzene rings is 3. The third kappa shape index (κ3) is 3.78. The third-order valence-corrected chi connectivity index (χ3v) is 5.83. The van der Waals surface area contributed by atoms with Crippen molar-refractivity contribution in [2.45, 2.75) is 40.0 Å². The van der Waals surface area contributed by atoms with E-state index in [0.717, 1.165) is 33.9 Å². The van der Waals surface area contributed by atoms with Gasteiger partial charge in [-0.2, -0.15) is 0 Å². The van der Waals surface area contributed by atoms with E-state index in [1.165, 1.54) is 22.3 Å². The first-order valence-electron chi connectivity index (χ1n) is 10.3. The Morgan fingerprint density at radius 3 is 2.10 bits per heavy atom. The number of carbonyl (C=O) groups is 1. The van der Waals surface area contributed by atoms with Gasteiger partial charge in [-0.3, -0.25) is 4.79 Å². The Labute approximate surface area is 178 Å². The van der Waals surface area contributed by atoms with Gasteiger partial charge < -0.3 is 0 Å². The van der Waals surface area contributed by atoms with E-state index in [4.69, 9.17) is 0 Å². The molecule has 30 heavy (non-hydrogen) atoms. The van der Waals surface area contributed by atoms with E-state index >= 15 is 0 Å². The maximum atomic E-state index is 11.7. The van der Waals surface area contributed by atoms with Crippen molar-refractivity contribution in [2.24, 2.45) is 0 Å². The highest BCUT2D eigenvalue weighted by atomic mass is 16.1. The summed E-state index contributed by atoms with van der Waals surface area (Å²) < 4.78 is 0. The van der Waals surface area contributed by atoms with Crippen LogP contribution in [-0.2, 0) is 5.41 Å². The zero-order chi connectivity index (χ0) is 21.5. The molecule has 0 saturated heterocycles. The molecular formula is C28H27NO. The van der Waals surface area contributed by atoms with Crippen LogP contribution < -0.4 is 0 Å². The van der Waals surface area contributed by atoms with E-state index in [1.54, 1.807) is 0 Å². The maximum Gasteiger partial charge on any atom is 0.169 e. The van der Waals surface area contributed by atoms with Crippen LogP contribution in [-0.4, -0.2) is 11.3 Å². The van der Waals surface area contributed by atoms with Crippen LogP contribution in [0.1, 0.15) is 48.0 Å². The molecule has 2 nitrogen and oxygen atoms in total. The average molecular weight is 394 g/mol. The van der Waals surface area contributed by atoms with Gasteiger partial charge in [-0.05, 0) is 70.7 Å². The van der Waals surface area contributed by atoms with E-state index in [0.29, 0.717) is 5.69 Å². The van der Waals surface area contributed by atoms with E-state index in [2.05, 4.69) is 106 Å². The fourth-order valence-corrected chi connectivity index (χ4v) is 3.81. The lowest BCUT2D eigenvalue weighted by Crippen LogP contribution is -2.10. The molecule has 0 saturated carbocycles. The Morgan fingerprint density at radius 1 is 0.767 bits per heavy atom. The number of fused-ring (bicyclic) bond motifs is 1. The van der Waals surface area contributed by atoms with Gasteiger partial charge in [0, 0.05) is 10.9 Å². The molecule has 0 N–H and O–H groups in total. The zero-order valence-electron chi connectivity index (χ0n) is 18.3. The number of aromatic nitrogens is 1. The highest BCUT2D eigenvalue weighted by Gasteiger charge is 2.14. The summed E-state index contributed by atoms with van der Waals surface area (Å²) in [7, 11) is 0. The largest absolute Gasteiger partial charge is 0.296 e. The fraction of sp³-hybridized carbons (Fsp3) is 0.214. The van der Waals surface area contributed by atoms with Crippen LogP contribution in [0.4, 0.5) is 0 Å². The number of aryl methyl sites for hydroxylation is 2. The van der Waals surface area contributed by atoms with Gasteiger partial charge in [-0.25, -0.2) is 4.98 Å². The van der Waals surface area contributed by atoms with Crippen molar-refractivity contribution in [3.63, 3.8) is 0 Å². The second-order valence-corrected chi connectivity index (χ2v) is 9.08. The summed E-state index contributed by atoms with van der Waals surface area (Å²) in [5, 5.41) is 1.95. The summed E-state index contributed by atoms with van der Waals surface area (Å²) in [5.41, 5.74) is 8.47. The van der Waals surface area contributed by atoms with Crippen LogP contribution in [0.3, 0.4) is 0 Å². The molecule has 1 heterocycles. The van der Waals surface area contributed by atoms with Gasteiger partial charge in [0.15, 0.2) is 6.29 Å². The van der Waals surface area contributed by atoms with Crippen LogP contribution in [0.15, 0.2) is 66.7 Å². The highest BCUT2D eigenvalue weighted by molar-refractivity contribution is 5.99. The molecule has 1 aromatic heterocycles. The van der Waals surface area contributed by atoms with E-state index in [-0.39, 0.29) is 5.41 Å². The number of carbonyl (C=O) groups excluding carboxylic acids is 1. The average Bonchev–Trinajstić information content (AvgIpc) is 2.73. The van der Waals surface area contributed by atoms with E-state index in [9.17, 15) is 4.79 Å². The molecule has 0 amide bonds. The molecule has 0 aliphatic heterocycles. The lowest BCUT2D eigenvalue weighted by Gasteiger charge is -2.19. The van der Waals surface area contributed by atoms with Crippen molar-refractivity contribution in [1.82, 2.24) is 4.98 Å². The van der Waals surface area contributed by atoms with Crippen molar-refractivity contribution in [3.8, 4) is 22.4 Å². The smallest absolute Gasteiger partial charge is 0.169 e. The second-order valence-electron chi connectivity index (χ2n) is 9.08. The van der Waals surface area contributed by atoms with Crippen molar-refractivity contribution < 1.29 is 4.79 Å². The Morgan fingerprint density at radius 2 is 1.43 bits per heavy atom. The van der Waals surface area contributed by atoms with Gasteiger partial charge in [-0.1, -0.05) is 69.3 Å². The minimum absolute atomic E-state index is 0.136. The van der Waals surface area contributed by atoms with Crippen LogP contribution in [0.5, 0.6) is 0 Å². The van der Waals surface area contributed by atoms with Gasteiger partial charge in [0.05, 0.1) is 5.69 Å². The number of hydrogen-bond acceptors (Lipinski definition) is 2. The first-order chi connectivity index (χ1) is 14.3. The molecular weight excluding hydrogens is 366 g/mol. The molecule has 0 radical (unpaired) electrons. The van der Waals surface area contributed by atoms with Crippen molar-refractivity contribution in [3.05, 3.63) is 89.1 Å². The standard InChI is InChI=1S/C28H27NO/c1-18-13-23-16-26(29-27(17-30)25(23)14-19(18)2)22-8-6-7-21(15-22)20-9-11-24(12-10-20)28(3,4)5/h6-17H,1-5H3. The zero-order valence-corrected chi connectivity index (χ0v) is 18.3. The Bertz CT molecular complexity index is 1240. The monoisotopic (exact) mass is 393 g/mol. The molecule has 0 unspecified atom stereocenters. The molecule has 4 rings (SSSR count). The first-order valence-corrected chi connectivity index (χ1v) is 10.3. The summed E-state index contributed by atoms with van der Waals surface area (Å²) in [4.78, 5) is 16.4. The molecule has 0 aliphatic rings. The highest BCUT2D eigenvalue weighted by Crippen LogP contribution is 2.31. The predicted molar refractivity (Wildman–Crippen MR) is 126 cm³/mol. The Hall–Kier alpha value is -3.26. The lowest BCUT2D eigenvalue weighted by molar-refractivity contribution is 0.112.